The molecule has 2 saturated heterocycles. The molecule has 2 fully saturated rings. The summed E-state index contributed by atoms with van der Waals surface area (Å²) in [5.41, 5.74) is 2.82. The molecule has 0 radical (unpaired) electrons. The number of ether oxygens (including phenoxy) is 1. The van der Waals surface area contributed by atoms with Crippen LogP contribution in [0.1, 0.15) is 36.8 Å². The number of benzene rings is 1. The lowest BCUT2D eigenvalue weighted by atomic mass is 9.74. The lowest BCUT2D eigenvalue weighted by molar-refractivity contribution is -0.144. The predicted molar refractivity (Wildman–Crippen MR) is 104 cm³/mol. The summed E-state index contributed by atoms with van der Waals surface area (Å²) in [6.07, 6.45) is 7.66. The molecule has 144 valence electrons. The molecule has 5 nitrogen and oxygen atoms in total. The Kier molecular flexibility index (Phi) is 5.04. The summed E-state index contributed by atoms with van der Waals surface area (Å²) in [4.78, 5) is 28.9. The van der Waals surface area contributed by atoms with Crippen LogP contribution in [0.5, 0.6) is 0 Å². The number of hydrogen-bond acceptors (Lipinski definition) is 3. The minimum atomic E-state index is -0.0694. The molecule has 1 aromatic rings. The number of carbonyl (C=O) groups excluding carboxylic acids is 2. The first-order valence-corrected chi connectivity index (χ1v) is 9.97. The number of methoxy groups -OCH3 is 1. The normalized spacial score (nSPS) is 23.7. The zero-order valence-corrected chi connectivity index (χ0v) is 16.0. The van der Waals surface area contributed by atoms with Crippen molar-refractivity contribution >= 4 is 17.9 Å². The van der Waals surface area contributed by atoms with Gasteiger partial charge in [-0.3, -0.25) is 9.59 Å². The first kappa shape index (κ1) is 18.2. The van der Waals surface area contributed by atoms with Crippen molar-refractivity contribution in [1.29, 1.82) is 0 Å². The fraction of sp³-hybridized carbons (Fsp3) is 0.545. The highest BCUT2D eigenvalue weighted by Crippen LogP contribution is 2.43. The van der Waals surface area contributed by atoms with Gasteiger partial charge in [0, 0.05) is 45.1 Å². The molecule has 0 saturated carbocycles. The molecule has 0 aromatic heterocycles. The van der Waals surface area contributed by atoms with Gasteiger partial charge in [0.25, 0.3) is 0 Å². The maximum atomic E-state index is 13.1. The Bertz CT molecular complexity index is 750. The van der Waals surface area contributed by atoms with Gasteiger partial charge < -0.3 is 14.5 Å². The minimum absolute atomic E-state index is 0.0694. The Balaban J connectivity index is 1.38. The number of hydrogen-bond donors (Lipinski definition) is 0. The van der Waals surface area contributed by atoms with E-state index in [4.69, 9.17) is 4.74 Å². The highest BCUT2D eigenvalue weighted by atomic mass is 16.5. The van der Waals surface area contributed by atoms with E-state index < -0.39 is 0 Å². The Hall–Kier alpha value is -2.14. The Labute approximate surface area is 161 Å². The van der Waals surface area contributed by atoms with E-state index >= 15 is 0 Å². The van der Waals surface area contributed by atoms with E-state index in [9.17, 15) is 9.59 Å². The van der Waals surface area contributed by atoms with Crippen LogP contribution in [0.25, 0.3) is 6.08 Å². The second-order valence-corrected chi connectivity index (χ2v) is 7.97. The minimum Gasteiger partial charge on any atom is -0.383 e. The second-order valence-electron chi connectivity index (χ2n) is 7.97. The molecular formula is C22H28N2O3. The van der Waals surface area contributed by atoms with Crippen LogP contribution >= 0.6 is 0 Å². The third-order valence-corrected chi connectivity index (χ3v) is 6.46. The summed E-state index contributed by atoms with van der Waals surface area (Å²) >= 11 is 0. The number of fused-ring (bicyclic) bond motifs is 2. The second kappa shape index (κ2) is 7.47. The summed E-state index contributed by atoms with van der Waals surface area (Å²) in [7, 11) is 1.64. The summed E-state index contributed by atoms with van der Waals surface area (Å²) in [6, 6.07) is 8.60. The average molecular weight is 368 g/mol. The lowest BCUT2D eigenvalue weighted by Crippen LogP contribution is -2.51. The van der Waals surface area contributed by atoms with Gasteiger partial charge in [0.2, 0.25) is 11.8 Å². The van der Waals surface area contributed by atoms with Crippen LogP contribution in [0.15, 0.2) is 30.3 Å². The van der Waals surface area contributed by atoms with Crippen molar-refractivity contribution in [2.24, 2.45) is 5.92 Å². The van der Waals surface area contributed by atoms with E-state index in [1.165, 1.54) is 11.1 Å². The van der Waals surface area contributed by atoms with E-state index in [0.29, 0.717) is 32.5 Å². The molecule has 3 aliphatic rings. The van der Waals surface area contributed by atoms with E-state index in [1.807, 2.05) is 4.90 Å². The largest absolute Gasteiger partial charge is 0.383 e. The Morgan fingerprint density at radius 1 is 1.26 bits per heavy atom. The van der Waals surface area contributed by atoms with Crippen molar-refractivity contribution in [3.63, 3.8) is 0 Å². The van der Waals surface area contributed by atoms with Gasteiger partial charge in [-0.15, -0.1) is 0 Å². The molecule has 27 heavy (non-hydrogen) atoms. The van der Waals surface area contributed by atoms with Crippen LogP contribution < -0.4 is 0 Å². The number of nitrogens with zero attached hydrogens (tertiary/aromatic N) is 2. The van der Waals surface area contributed by atoms with Crippen molar-refractivity contribution in [2.75, 3.05) is 39.9 Å². The van der Waals surface area contributed by atoms with Crippen molar-refractivity contribution in [3.8, 4) is 0 Å². The zero-order chi connectivity index (χ0) is 18.9. The number of piperidine rings is 2. The first-order valence-electron chi connectivity index (χ1n) is 9.97. The summed E-state index contributed by atoms with van der Waals surface area (Å²) in [5.74, 6) is 0.288. The molecule has 1 atom stereocenters. The fourth-order valence-electron chi connectivity index (χ4n) is 4.79. The lowest BCUT2D eigenvalue weighted by Gasteiger charge is -2.41. The third kappa shape index (κ3) is 3.41. The van der Waals surface area contributed by atoms with Crippen molar-refractivity contribution in [1.82, 2.24) is 9.80 Å². The molecule has 2 heterocycles. The molecule has 1 spiro atoms. The van der Waals surface area contributed by atoms with Gasteiger partial charge in [0.05, 0.1) is 12.5 Å². The number of carbonyl (C=O) groups is 2. The maximum absolute atomic E-state index is 13.1. The number of allylic oxidation sites excluding steroid dienone is 1. The molecule has 5 heteroatoms. The SMILES string of the molecule is COCCN1C[C@@H](C(=O)N2CCC3(C=Cc4ccccc43)CC2)CCC1=O. The molecule has 0 bridgehead atoms. The highest BCUT2D eigenvalue weighted by Gasteiger charge is 2.40. The quantitative estimate of drug-likeness (QED) is 0.820. The Morgan fingerprint density at radius 3 is 2.81 bits per heavy atom. The van der Waals surface area contributed by atoms with Gasteiger partial charge in [0.15, 0.2) is 0 Å². The van der Waals surface area contributed by atoms with E-state index in [1.54, 1.807) is 12.0 Å². The van der Waals surface area contributed by atoms with Crippen LogP contribution in [0.2, 0.25) is 0 Å². The van der Waals surface area contributed by atoms with Gasteiger partial charge in [-0.05, 0) is 30.4 Å². The van der Waals surface area contributed by atoms with Crippen molar-refractivity contribution in [3.05, 3.63) is 41.5 Å². The number of rotatable bonds is 4. The molecule has 0 N–H and O–H groups in total. The molecule has 2 aliphatic heterocycles. The topological polar surface area (TPSA) is 49.9 Å². The van der Waals surface area contributed by atoms with Crippen LogP contribution in [-0.4, -0.2) is 61.5 Å². The highest BCUT2D eigenvalue weighted by molar-refractivity contribution is 5.84. The van der Waals surface area contributed by atoms with Crippen LogP contribution in [-0.2, 0) is 19.7 Å². The predicted octanol–water partition coefficient (Wildman–Crippen LogP) is 2.46. The summed E-state index contributed by atoms with van der Waals surface area (Å²) < 4.78 is 5.09. The molecule has 4 rings (SSSR count). The Morgan fingerprint density at radius 2 is 2.04 bits per heavy atom. The number of likely N-dealkylation sites (tertiary alicyclic amines) is 2. The van der Waals surface area contributed by atoms with E-state index in [2.05, 4.69) is 36.4 Å². The van der Waals surface area contributed by atoms with Gasteiger partial charge in [-0.2, -0.15) is 0 Å². The fourth-order valence-corrected chi connectivity index (χ4v) is 4.79. The van der Waals surface area contributed by atoms with E-state index in [-0.39, 0.29) is 23.1 Å². The van der Waals surface area contributed by atoms with Crippen LogP contribution in [0, 0.1) is 5.92 Å². The smallest absolute Gasteiger partial charge is 0.227 e. The molecule has 2 amide bonds. The van der Waals surface area contributed by atoms with Gasteiger partial charge >= 0.3 is 0 Å². The van der Waals surface area contributed by atoms with Crippen molar-refractivity contribution in [2.45, 2.75) is 31.1 Å². The van der Waals surface area contributed by atoms with Crippen molar-refractivity contribution < 1.29 is 14.3 Å². The zero-order valence-electron chi connectivity index (χ0n) is 16.0. The molecular weight excluding hydrogens is 340 g/mol. The van der Waals surface area contributed by atoms with Gasteiger partial charge in [-0.1, -0.05) is 36.4 Å². The summed E-state index contributed by atoms with van der Waals surface area (Å²) in [6.45, 7) is 3.21. The van der Waals surface area contributed by atoms with Crippen LogP contribution in [0.4, 0.5) is 0 Å². The molecule has 0 unspecified atom stereocenters. The number of amides is 2. The van der Waals surface area contributed by atoms with Gasteiger partial charge in [-0.25, -0.2) is 0 Å². The molecule has 1 aliphatic carbocycles. The third-order valence-electron chi connectivity index (χ3n) is 6.46. The average Bonchev–Trinajstić information content (AvgIpc) is 3.06. The first-order chi connectivity index (χ1) is 13.1. The van der Waals surface area contributed by atoms with E-state index in [0.717, 1.165) is 25.9 Å². The van der Waals surface area contributed by atoms with Gasteiger partial charge in [0.1, 0.15) is 0 Å². The summed E-state index contributed by atoms with van der Waals surface area (Å²) in [5, 5.41) is 0. The molecule has 1 aromatic carbocycles. The van der Waals surface area contributed by atoms with Crippen LogP contribution in [0.3, 0.4) is 0 Å². The maximum Gasteiger partial charge on any atom is 0.227 e. The standard InChI is InChI=1S/C22H28N2O3/c1-27-15-14-24-16-18(6-7-20(24)25)21(26)23-12-10-22(11-13-23)9-8-17-4-2-3-5-19(17)22/h2-5,8-9,18H,6-7,10-16H2,1H3/t18-/m0/s1. The monoisotopic (exact) mass is 368 g/mol.